The Hall–Kier alpha value is -0.860. The molecule has 1 saturated heterocycles. The summed E-state index contributed by atoms with van der Waals surface area (Å²) in [7, 11) is -3.14. The van der Waals surface area contributed by atoms with Crippen molar-refractivity contribution in [2.45, 2.75) is 6.42 Å². The first kappa shape index (κ1) is 16.5. The number of ether oxygens (including phenoxy) is 1. The Bertz CT molecular complexity index is 682. The van der Waals surface area contributed by atoms with Gasteiger partial charge in [0.1, 0.15) is 5.75 Å². The number of hydrogen-bond acceptors (Lipinski definition) is 4. The molecule has 1 amide bonds. The van der Waals surface area contributed by atoms with Crippen LogP contribution in [-0.2, 0) is 15.0 Å². The first-order valence-electron chi connectivity index (χ1n) is 5.97. The van der Waals surface area contributed by atoms with Crippen molar-refractivity contribution >= 4 is 49.3 Å². The quantitative estimate of drug-likeness (QED) is 0.729. The Morgan fingerprint density at radius 1 is 1.52 bits per heavy atom. The van der Waals surface area contributed by atoms with Crippen LogP contribution in [0.2, 0.25) is 5.02 Å². The third-order valence-electron chi connectivity index (χ3n) is 3.15. The highest BCUT2D eigenvalue weighted by Gasteiger charge is 2.34. The summed E-state index contributed by atoms with van der Waals surface area (Å²) < 4.78 is 39.9. The largest absolute Gasteiger partial charge is 0.495 e. The lowest BCUT2D eigenvalue weighted by atomic mass is 10.1. The Labute approximate surface area is 135 Å². The van der Waals surface area contributed by atoms with E-state index < -0.39 is 21.9 Å². The molecule has 1 aliphatic heterocycles. The number of carbonyl (C=O) groups is 1. The molecule has 1 aliphatic rings. The maximum Gasteiger partial charge on any atom is 0.302 e. The highest BCUT2D eigenvalue weighted by molar-refractivity contribution is 9.10. The van der Waals surface area contributed by atoms with Gasteiger partial charge in [0.25, 0.3) is 0 Å². The smallest absolute Gasteiger partial charge is 0.302 e. The zero-order valence-electron chi connectivity index (χ0n) is 11.0. The Kier molecular flexibility index (Phi) is 4.79. The number of methoxy groups -OCH3 is 1. The van der Waals surface area contributed by atoms with Crippen molar-refractivity contribution in [3.63, 3.8) is 0 Å². The molecule has 0 radical (unpaired) electrons. The van der Waals surface area contributed by atoms with Gasteiger partial charge in [0, 0.05) is 24.9 Å². The molecule has 0 N–H and O–H groups in total. The molecule has 5 nitrogen and oxygen atoms in total. The van der Waals surface area contributed by atoms with Gasteiger partial charge < -0.3 is 9.64 Å². The molecule has 2 rings (SSSR count). The maximum atomic E-state index is 12.7. The Morgan fingerprint density at radius 2 is 2.19 bits per heavy atom. The molecule has 0 aliphatic carbocycles. The van der Waals surface area contributed by atoms with Crippen LogP contribution in [0.1, 0.15) is 6.42 Å². The standard InChI is InChI=1S/C12H12BrClFNO4S/c1-20-11-4-10(9(14)3-8(11)13)16-5-7(2-12(16)17)6-21(15,18)19/h3-4,7H,2,5-6H2,1H3. The van der Waals surface area contributed by atoms with E-state index in [1.807, 2.05) is 0 Å². The Balaban J connectivity index is 2.29. The SMILES string of the molecule is COc1cc(N2CC(CS(=O)(=O)F)CC2=O)c(Cl)cc1Br. The molecule has 0 saturated carbocycles. The summed E-state index contributed by atoms with van der Waals surface area (Å²) in [5, 5.41) is 0.319. The van der Waals surface area contributed by atoms with Crippen LogP contribution in [0.3, 0.4) is 0 Å². The molecule has 116 valence electrons. The van der Waals surface area contributed by atoms with Crippen LogP contribution in [0.15, 0.2) is 16.6 Å². The van der Waals surface area contributed by atoms with Crippen molar-refractivity contribution in [2.24, 2.45) is 5.92 Å². The molecule has 9 heteroatoms. The van der Waals surface area contributed by atoms with E-state index in [0.29, 0.717) is 20.9 Å². The van der Waals surface area contributed by atoms with Crippen LogP contribution in [0, 0.1) is 5.92 Å². The third kappa shape index (κ3) is 3.87. The molecule has 1 unspecified atom stereocenters. The zero-order chi connectivity index (χ0) is 15.8. The summed E-state index contributed by atoms with van der Waals surface area (Å²) in [6.45, 7) is 0.104. The topological polar surface area (TPSA) is 63.7 Å². The minimum atomic E-state index is -4.61. The molecule has 1 atom stereocenters. The predicted molar refractivity (Wildman–Crippen MR) is 81.1 cm³/mol. The molecule has 1 heterocycles. The average Bonchev–Trinajstić information content (AvgIpc) is 2.68. The van der Waals surface area contributed by atoms with Gasteiger partial charge in [0.05, 0.1) is 28.0 Å². The van der Waals surface area contributed by atoms with Crippen LogP contribution in [0.4, 0.5) is 9.57 Å². The van der Waals surface area contributed by atoms with Gasteiger partial charge in [-0.2, -0.15) is 8.42 Å². The number of anilines is 1. The van der Waals surface area contributed by atoms with Crippen LogP contribution in [0.25, 0.3) is 0 Å². The summed E-state index contributed by atoms with van der Waals surface area (Å²) in [4.78, 5) is 13.4. The number of rotatable bonds is 4. The zero-order valence-corrected chi connectivity index (χ0v) is 14.1. The van der Waals surface area contributed by atoms with Gasteiger partial charge in [-0.1, -0.05) is 11.6 Å². The normalized spacial score (nSPS) is 19.1. The molecule has 0 bridgehead atoms. The van der Waals surface area contributed by atoms with Crippen LogP contribution >= 0.6 is 27.5 Å². The van der Waals surface area contributed by atoms with Gasteiger partial charge in [0.15, 0.2) is 0 Å². The van der Waals surface area contributed by atoms with E-state index in [0.717, 1.165) is 0 Å². The maximum absolute atomic E-state index is 12.7. The van der Waals surface area contributed by atoms with E-state index >= 15 is 0 Å². The second-order valence-electron chi connectivity index (χ2n) is 4.72. The second-order valence-corrected chi connectivity index (χ2v) is 7.39. The van der Waals surface area contributed by atoms with Crippen molar-refractivity contribution in [2.75, 3.05) is 24.3 Å². The minimum Gasteiger partial charge on any atom is -0.495 e. The summed E-state index contributed by atoms with van der Waals surface area (Å²) >= 11 is 9.39. The fraction of sp³-hybridized carbons (Fsp3) is 0.417. The first-order chi connectivity index (χ1) is 9.71. The summed E-state index contributed by atoms with van der Waals surface area (Å²) in [5.74, 6) is -1.06. The lowest BCUT2D eigenvalue weighted by Gasteiger charge is -2.19. The van der Waals surface area contributed by atoms with Crippen LogP contribution < -0.4 is 9.64 Å². The highest BCUT2D eigenvalue weighted by atomic mass is 79.9. The summed E-state index contributed by atoms with van der Waals surface area (Å²) in [6, 6.07) is 3.17. The number of benzene rings is 1. The predicted octanol–water partition coefficient (Wildman–Crippen LogP) is 2.76. The fourth-order valence-corrected chi connectivity index (χ4v) is 3.98. The molecular formula is C12H12BrClFNO4S. The Morgan fingerprint density at radius 3 is 2.76 bits per heavy atom. The van der Waals surface area contributed by atoms with Crippen molar-refractivity contribution in [1.29, 1.82) is 0 Å². The first-order valence-corrected chi connectivity index (χ1v) is 8.69. The second kappa shape index (κ2) is 6.10. The van der Waals surface area contributed by atoms with Gasteiger partial charge in [-0.05, 0) is 22.0 Å². The van der Waals surface area contributed by atoms with Gasteiger partial charge in [0.2, 0.25) is 5.91 Å². The van der Waals surface area contributed by atoms with E-state index in [9.17, 15) is 17.1 Å². The molecule has 0 spiro atoms. The van der Waals surface area contributed by atoms with E-state index in [4.69, 9.17) is 16.3 Å². The average molecular weight is 401 g/mol. The summed E-state index contributed by atoms with van der Waals surface area (Å²) in [5.41, 5.74) is 0.417. The van der Waals surface area contributed by atoms with Crippen molar-refractivity contribution < 1.29 is 21.8 Å². The minimum absolute atomic E-state index is 0.0299. The number of hydrogen-bond donors (Lipinski definition) is 0. The van der Waals surface area contributed by atoms with Gasteiger partial charge >= 0.3 is 10.2 Å². The highest BCUT2D eigenvalue weighted by Crippen LogP contribution is 2.38. The monoisotopic (exact) mass is 399 g/mol. The van der Waals surface area contributed by atoms with Gasteiger partial charge in [-0.25, -0.2) is 0 Å². The third-order valence-corrected chi connectivity index (χ3v) is 4.94. The van der Waals surface area contributed by atoms with Crippen molar-refractivity contribution in [1.82, 2.24) is 0 Å². The number of nitrogens with zero attached hydrogens (tertiary/aromatic N) is 1. The molecule has 1 aromatic rings. The van der Waals surface area contributed by atoms with E-state index in [-0.39, 0.29) is 18.9 Å². The lowest BCUT2D eigenvalue weighted by molar-refractivity contribution is -0.117. The van der Waals surface area contributed by atoms with Crippen LogP contribution in [-0.4, -0.2) is 33.7 Å². The molecular weight excluding hydrogens is 389 g/mol. The van der Waals surface area contributed by atoms with Gasteiger partial charge in [-0.3, -0.25) is 4.79 Å². The number of amides is 1. The molecule has 0 aromatic heterocycles. The van der Waals surface area contributed by atoms with Gasteiger partial charge in [-0.15, -0.1) is 3.89 Å². The molecule has 1 aromatic carbocycles. The fourth-order valence-electron chi connectivity index (χ4n) is 2.29. The lowest BCUT2D eigenvalue weighted by Crippen LogP contribution is -2.25. The molecule has 1 fully saturated rings. The number of halogens is 3. The van der Waals surface area contributed by atoms with Crippen molar-refractivity contribution in [3.8, 4) is 5.75 Å². The number of carbonyl (C=O) groups excluding carboxylic acids is 1. The van der Waals surface area contributed by atoms with E-state index in [1.54, 1.807) is 12.1 Å². The van der Waals surface area contributed by atoms with E-state index in [2.05, 4.69) is 15.9 Å². The molecule has 21 heavy (non-hydrogen) atoms. The van der Waals surface area contributed by atoms with Crippen molar-refractivity contribution in [3.05, 3.63) is 21.6 Å². The van der Waals surface area contributed by atoms with Crippen LogP contribution in [0.5, 0.6) is 5.75 Å². The summed E-state index contributed by atoms with van der Waals surface area (Å²) in [6.07, 6.45) is -0.0299. The van der Waals surface area contributed by atoms with E-state index in [1.165, 1.54) is 12.0 Å².